The standard InChI is InChI=1S/C13H10Cl2N2O3/c14-8-3-1-4-9(12(8)15)16-13(20)10-5-2-6-17(10)7-11(18)19/h1-6H,7H2,(H,16,20)(H,18,19). The van der Waals surface area contributed by atoms with Gasteiger partial charge in [0.05, 0.1) is 15.7 Å². The summed E-state index contributed by atoms with van der Waals surface area (Å²) < 4.78 is 1.33. The van der Waals surface area contributed by atoms with E-state index in [1.165, 1.54) is 16.8 Å². The first-order chi connectivity index (χ1) is 9.49. The Balaban J connectivity index is 2.22. The highest BCUT2D eigenvalue weighted by Crippen LogP contribution is 2.29. The number of benzene rings is 1. The first kappa shape index (κ1) is 14.4. The molecule has 0 aliphatic heterocycles. The largest absolute Gasteiger partial charge is 0.480 e. The molecule has 0 bridgehead atoms. The summed E-state index contributed by atoms with van der Waals surface area (Å²) in [6, 6.07) is 7.98. The number of halogens is 2. The van der Waals surface area contributed by atoms with Crippen LogP contribution in [0.25, 0.3) is 0 Å². The average Bonchev–Trinajstić information content (AvgIpc) is 2.82. The van der Waals surface area contributed by atoms with Gasteiger partial charge in [-0.15, -0.1) is 0 Å². The van der Waals surface area contributed by atoms with Gasteiger partial charge in [-0.3, -0.25) is 9.59 Å². The molecule has 1 aromatic carbocycles. The molecule has 2 aromatic rings. The van der Waals surface area contributed by atoms with Crippen LogP contribution in [0.4, 0.5) is 5.69 Å². The number of carbonyl (C=O) groups excluding carboxylic acids is 1. The van der Waals surface area contributed by atoms with E-state index in [0.717, 1.165) is 0 Å². The van der Waals surface area contributed by atoms with E-state index in [2.05, 4.69) is 5.32 Å². The number of hydrogen-bond donors (Lipinski definition) is 2. The van der Waals surface area contributed by atoms with Gasteiger partial charge in [0.2, 0.25) is 0 Å². The van der Waals surface area contributed by atoms with Gasteiger partial charge in [0, 0.05) is 6.20 Å². The van der Waals surface area contributed by atoms with Gasteiger partial charge in [-0.25, -0.2) is 0 Å². The highest BCUT2D eigenvalue weighted by atomic mass is 35.5. The van der Waals surface area contributed by atoms with E-state index in [9.17, 15) is 9.59 Å². The summed E-state index contributed by atoms with van der Waals surface area (Å²) in [5, 5.41) is 11.9. The lowest BCUT2D eigenvalue weighted by atomic mass is 10.3. The summed E-state index contributed by atoms with van der Waals surface area (Å²) in [6.07, 6.45) is 1.52. The van der Waals surface area contributed by atoms with Crippen molar-refractivity contribution in [1.29, 1.82) is 0 Å². The topological polar surface area (TPSA) is 71.3 Å². The van der Waals surface area contributed by atoms with Gasteiger partial charge in [0.25, 0.3) is 5.91 Å². The summed E-state index contributed by atoms with van der Waals surface area (Å²) in [5.41, 5.74) is 0.593. The van der Waals surface area contributed by atoms with Crippen molar-refractivity contribution in [1.82, 2.24) is 4.57 Å². The van der Waals surface area contributed by atoms with E-state index in [4.69, 9.17) is 28.3 Å². The fourth-order valence-electron chi connectivity index (χ4n) is 1.69. The first-order valence-electron chi connectivity index (χ1n) is 5.61. The number of carboxylic acids is 1. The van der Waals surface area contributed by atoms with Crippen molar-refractivity contribution in [3.05, 3.63) is 52.3 Å². The van der Waals surface area contributed by atoms with Crippen molar-refractivity contribution < 1.29 is 14.7 Å². The number of carbonyl (C=O) groups is 2. The molecule has 7 heteroatoms. The average molecular weight is 313 g/mol. The summed E-state index contributed by atoms with van der Waals surface area (Å²) in [6.45, 7) is -0.293. The van der Waals surface area contributed by atoms with E-state index >= 15 is 0 Å². The molecule has 0 fully saturated rings. The van der Waals surface area contributed by atoms with Crippen LogP contribution in [0, 0.1) is 0 Å². The highest BCUT2D eigenvalue weighted by Gasteiger charge is 2.14. The Morgan fingerprint density at radius 1 is 1.20 bits per heavy atom. The summed E-state index contributed by atoms with van der Waals surface area (Å²) in [5.74, 6) is -1.49. The Kier molecular flexibility index (Phi) is 4.32. The molecule has 104 valence electrons. The molecular weight excluding hydrogens is 303 g/mol. The summed E-state index contributed by atoms with van der Waals surface area (Å²) in [7, 11) is 0. The molecule has 0 unspecified atom stereocenters. The Hall–Kier alpha value is -1.98. The van der Waals surface area contributed by atoms with Crippen molar-refractivity contribution in [2.45, 2.75) is 6.54 Å². The van der Waals surface area contributed by atoms with Crippen LogP contribution in [0.2, 0.25) is 10.0 Å². The maximum atomic E-state index is 12.1. The molecule has 0 atom stereocenters. The molecule has 0 saturated carbocycles. The predicted molar refractivity (Wildman–Crippen MR) is 76.5 cm³/mol. The molecule has 0 aliphatic rings. The number of anilines is 1. The van der Waals surface area contributed by atoms with Crippen LogP contribution in [0.15, 0.2) is 36.5 Å². The molecule has 0 saturated heterocycles. The molecule has 1 heterocycles. The molecule has 1 amide bonds. The van der Waals surface area contributed by atoms with E-state index in [-0.39, 0.29) is 17.3 Å². The van der Waals surface area contributed by atoms with Crippen LogP contribution in [0.1, 0.15) is 10.5 Å². The van der Waals surface area contributed by atoms with E-state index in [1.807, 2.05) is 0 Å². The fourth-order valence-corrected chi connectivity index (χ4v) is 2.04. The minimum atomic E-state index is -1.03. The molecular formula is C13H10Cl2N2O3. The molecule has 0 aliphatic carbocycles. The molecule has 2 rings (SSSR count). The van der Waals surface area contributed by atoms with Crippen molar-refractivity contribution in [2.24, 2.45) is 0 Å². The van der Waals surface area contributed by atoms with Crippen LogP contribution in [-0.2, 0) is 11.3 Å². The maximum absolute atomic E-state index is 12.1. The zero-order valence-corrected chi connectivity index (χ0v) is 11.6. The van der Waals surface area contributed by atoms with Crippen molar-refractivity contribution >= 4 is 40.8 Å². The highest BCUT2D eigenvalue weighted by molar-refractivity contribution is 6.44. The van der Waals surface area contributed by atoms with Crippen LogP contribution < -0.4 is 5.32 Å². The third kappa shape index (κ3) is 3.12. The third-order valence-corrected chi connectivity index (χ3v) is 3.39. The molecule has 0 spiro atoms. The number of aliphatic carboxylic acids is 1. The van der Waals surface area contributed by atoms with Gasteiger partial charge >= 0.3 is 5.97 Å². The van der Waals surface area contributed by atoms with Crippen molar-refractivity contribution in [3.8, 4) is 0 Å². The SMILES string of the molecule is O=C(O)Cn1cccc1C(=O)Nc1cccc(Cl)c1Cl. The number of rotatable bonds is 4. The zero-order chi connectivity index (χ0) is 14.7. The van der Waals surface area contributed by atoms with Gasteiger partial charge in [-0.2, -0.15) is 0 Å². The Labute approximate surface area is 124 Å². The first-order valence-corrected chi connectivity index (χ1v) is 6.37. The maximum Gasteiger partial charge on any atom is 0.323 e. The van der Waals surface area contributed by atoms with Crippen molar-refractivity contribution in [2.75, 3.05) is 5.32 Å². The van der Waals surface area contributed by atoms with Crippen LogP contribution in [-0.4, -0.2) is 21.6 Å². The second-order valence-electron chi connectivity index (χ2n) is 3.97. The molecule has 20 heavy (non-hydrogen) atoms. The minimum Gasteiger partial charge on any atom is -0.480 e. The quantitative estimate of drug-likeness (QED) is 0.911. The van der Waals surface area contributed by atoms with E-state index in [1.54, 1.807) is 24.3 Å². The lowest BCUT2D eigenvalue weighted by Crippen LogP contribution is -2.19. The zero-order valence-electron chi connectivity index (χ0n) is 10.1. The normalized spacial score (nSPS) is 10.3. The Bertz CT molecular complexity index is 667. The number of nitrogens with one attached hydrogen (secondary N) is 1. The molecule has 1 aromatic heterocycles. The Morgan fingerprint density at radius 3 is 2.65 bits per heavy atom. The second-order valence-corrected chi connectivity index (χ2v) is 4.76. The van der Waals surface area contributed by atoms with Gasteiger partial charge in [-0.05, 0) is 24.3 Å². The van der Waals surface area contributed by atoms with Crippen LogP contribution in [0.3, 0.4) is 0 Å². The number of hydrogen-bond acceptors (Lipinski definition) is 2. The van der Waals surface area contributed by atoms with Gasteiger partial charge in [0.15, 0.2) is 0 Å². The Morgan fingerprint density at radius 2 is 1.95 bits per heavy atom. The minimum absolute atomic E-state index is 0.225. The summed E-state index contributed by atoms with van der Waals surface area (Å²) >= 11 is 11.8. The second kappa shape index (κ2) is 5.98. The van der Waals surface area contributed by atoms with E-state index in [0.29, 0.717) is 10.7 Å². The molecule has 2 N–H and O–H groups in total. The van der Waals surface area contributed by atoms with Crippen LogP contribution >= 0.6 is 23.2 Å². The van der Waals surface area contributed by atoms with Crippen LogP contribution in [0.5, 0.6) is 0 Å². The molecule has 0 radical (unpaired) electrons. The van der Waals surface area contributed by atoms with E-state index < -0.39 is 11.9 Å². The predicted octanol–water partition coefficient (Wildman–Crippen LogP) is 3.13. The van der Waals surface area contributed by atoms with Crippen molar-refractivity contribution in [3.63, 3.8) is 0 Å². The smallest absolute Gasteiger partial charge is 0.323 e. The monoisotopic (exact) mass is 312 g/mol. The van der Waals surface area contributed by atoms with Gasteiger partial charge in [0.1, 0.15) is 12.2 Å². The lowest BCUT2D eigenvalue weighted by Gasteiger charge is -2.09. The summed E-state index contributed by atoms with van der Waals surface area (Å²) in [4.78, 5) is 22.8. The lowest BCUT2D eigenvalue weighted by molar-refractivity contribution is -0.137. The molecule has 5 nitrogen and oxygen atoms in total. The number of aromatic nitrogens is 1. The number of carboxylic acid groups (broad SMARTS) is 1. The number of nitrogens with zero attached hydrogens (tertiary/aromatic N) is 1. The number of amides is 1. The van der Waals surface area contributed by atoms with Gasteiger partial charge in [-0.1, -0.05) is 29.3 Å². The third-order valence-electron chi connectivity index (χ3n) is 2.57. The van der Waals surface area contributed by atoms with Gasteiger partial charge < -0.3 is 15.0 Å². The fraction of sp³-hybridized carbons (Fsp3) is 0.0769.